The molecule has 1 rings (SSSR count). The lowest BCUT2D eigenvalue weighted by atomic mass is 9.96. The first-order valence-electron chi connectivity index (χ1n) is 10.7. The average Bonchev–Trinajstić information content (AvgIpc) is 2.67. The number of amides is 1. The van der Waals surface area contributed by atoms with Crippen molar-refractivity contribution in [3.63, 3.8) is 0 Å². The van der Waals surface area contributed by atoms with Crippen LogP contribution in [-0.4, -0.2) is 68.4 Å². The summed E-state index contributed by atoms with van der Waals surface area (Å²) in [6.45, 7) is 1.53. The molecule has 6 N–H and O–H groups in total. The minimum Gasteiger partial charge on any atom is -0.394 e. The summed E-state index contributed by atoms with van der Waals surface area (Å²) in [6, 6.07) is 0. The van der Waals surface area contributed by atoms with Gasteiger partial charge in [0.2, 0.25) is 5.91 Å². The second-order valence-electron chi connectivity index (χ2n) is 7.80. The van der Waals surface area contributed by atoms with Gasteiger partial charge in [0.25, 0.3) is 5.91 Å². The van der Waals surface area contributed by atoms with E-state index in [0.717, 1.165) is 19.3 Å². The van der Waals surface area contributed by atoms with E-state index in [4.69, 9.17) is 9.84 Å². The molecule has 1 fully saturated rings. The highest BCUT2D eigenvalue weighted by molar-refractivity contribution is 5.76. The van der Waals surface area contributed by atoms with E-state index in [9.17, 15) is 25.2 Å². The number of aliphatic hydroxyl groups excluding tert-OH is 4. The summed E-state index contributed by atoms with van der Waals surface area (Å²) in [7, 11) is 0. The summed E-state index contributed by atoms with van der Waals surface area (Å²) in [5, 5.41) is 50.9. The van der Waals surface area contributed by atoms with Gasteiger partial charge in [-0.3, -0.25) is 4.79 Å². The predicted molar refractivity (Wildman–Crippen MR) is 104 cm³/mol. The third kappa shape index (κ3) is 8.31. The SMILES string of the molecule is CCCCCCCCCCCCCC(=O)NC1(O)O[C@H](CO)[C@@H](O)[C@H](O)[C@H]1O. The molecular formula is C20H39NO7. The normalized spacial score (nSPS) is 30.4. The summed E-state index contributed by atoms with van der Waals surface area (Å²) < 4.78 is 5.01. The molecule has 0 aromatic carbocycles. The van der Waals surface area contributed by atoms with Gasteiger partial charge in [0.15, 0.2) is 6.10 Å². The first kappa shape index (κ1) is 25.3. The standard InChI is InChI=1S/C20H39NO7/c1-2-3-4-5-6-7-8-9-10-11-12-13-16(23)21-20(27)19(26)18(25)17(24)15(14-22)28-20/h15,17-19,22,24-27H,2-14H2,1H3,(H,21,23)/t15-,17-,18+,19-,20?/m1/s1. The minimum atomic E-state index is -2.54. The van der Waals surface area contributed by atoms with Crippen molar-refractivity contribution in [2.75, 3.05) is 6.61 Å². The second kappa shape index (κ2) is 13.5. The van der Waals surface area contributed by atoms with Crippen LogP contribution in [0.1, 0.15) is 84.0 Å². The molecule has 28 heavy (non-hydrogen) atoms. The van der Waals surface area contributed by atoms with Crippen LogP contribution in [0, 0.1) is 0 Å². The number of unbranched alkanes of at least 4 members (excludes halogenated alkanes) is 10. The highest BCUT2D eigenvalue weighted by atomic mass is 16.7. The largest absolute Gasteiger partial charge is 0.394 e. The molecule has 1 saturated heterocycles. The number of rotatable bonds is 14. The quantitative estimate of drug-likeness (QED) is 0.187. The fourth-order valence-corrected chi connectivity index (χ4v) is 3.47. The Bertz CT molecular complexity index is 435. The maximum Gasteiger partial charge on any atom is 0.279 e. The molecule has 1 unspecified atom stereocenters. The van der Waals surface area contributed by atoms with Gasteiger partial charge in [0.05, 0.1) is 6.61 Å². The molecule has 0 bridgehead atoms. The Labute approximate surface area is 167 Å². The van der Waals surface area contributed by atoms with Gasteiger partial charge >= 0.3 is 0 Å². The summed E-state index contributed by atoms with van der Waals surface area (Å²) in [4.78, 5) is 12.0. The maximum absolute atomic E-state index is 12.0. The zero-order valence-corrected chi connectivity index (χ0v) is 17.1. The van der Waals surface area contributed by atoms with Gasteiger partial charge in [-0.25, -0.2) is 0 Å². The van der Waals surface area contributed by atoms with Crippen LogP contribution in [0.25, 0.3) is 0 Å². The lowest BCUT2D eigenvalue weighted by Gasteiger charge is -2.45. The maximum atomic E-state index is 12.0. The van der Waals surface area contributed by atoms with Crippen molar-refractivity contribution in [2.24, 2.45) is 0 Å². The number of carbonyl (C=O) groups excluding carboxylic acids is 1. The van der Waals surface area contributed by atoms with Crippen LogP contribution in [0.5, 0.6) is 0 Å². The number of hydrogen-bond donors (Lipinski definition) is 6. The Morgan fingerprint density at radius 3 is 1.89 bits per heavy atom. The molecule has 1 heterocycles. The van der Waals surface area contributed by atoms with E-state index in [2.05, 4.69) is 12.2 Å². The van der Waals surface area contributed by atoms with Crippen LogP contribution in [0.2, 0.25) is 0 Å². The number of ether oxygens (including phenoxy) is 1. The molecule has 1 aliphatic rings. The van der Waals surface area contributed by atoms with Gasteiger partial charge in [-0.2, -0.15) is 0 Å². The molecule has 0 aromatic heterocycles. The van der Waals surface area contributed by atoms with Crippen LogP contribution in [0.4, 0.5) is 0 Å². The average molecular weight is 406 g/mol. The van der Waals surface area contributed by atoms with Crippen molar-refractivity contribution in [3.8, 4) is 0 Å². The number of carbonyl (C=O) groups is 1. The Hall–Kier alpha value is -0.770. The molecule has 0 saturated carbocycles. The van der Waals surface area contributed by atoms with Gasteiger partial charge in [-0.05, 0) is 6.42 Å². The Kier molecular flexibility index (Phi) is 12.1. The third-order valence-corrected chi connectivity index (χ3v) is 5.29. The lowest BCUT2D eigenvalue weighted by Crippen LogP contribution is -2.71. The fourth-order valence-electron chi connectivity index (χ4n) is 3.47. The molecule has 8 heteroatoms. The van der Waals surface area contributed by atoms with E-state index in [1.54, 1.807) is 0 Å². The smallest absolute Gasteiger partial charge is 0.279 e. The topological polar surface area (TPSA) is 139 Å². The summed E-state index contributed by atoms with van der Waals surface area (Å²) in [6.07, 6.45) is 6.30. The number of hydrogen-bond acceptors (Lipinski definition) is 7. The van der Waals surface area contributed by atoms with Crippen molar-refractivity contribution < 1.29 is 35.1 Å². The van der Waals surface area contributed by atoms with Gasteiger partial charge < -0.3 is 35.6 Å². The van der Waals surface area contributed by atoms with E-state index in [-0.39, 0.29) is 6.42 Å². The first-order chi connectivity index (χ1) is 13.4. The zero-order chi connectivity index (χ0) is 21.0. The van der Waals surface area contributed by atoms with Crippen molar-refractivity contribution in [3.05, 3.63) is 0 Å². The molecule has 0 aliphatic carbocycles. The van der Waals surface area contributed by atoms with Crippen LogP contribution in [0.15, 0.2) is 0 Å². The Morgan fingerprint density at radius 2 is 1.39 bits per heavy atom. The molecule has 5 atom stereocenters. The molecular weight excluding hydrogens is 366 g/mol. The molecule has 166 valence electrons. The molecule has 1 aliphatic heterocycles. The van der Waals surface area contributed by atoms with E-state index in [0.29, 0.717) is 6.42 Å². The Morgan fingerprint density at radius 1 is 0.893 bits per heavy atom. The number of aliphatic hydroxyl groups is 5. The van der Waals surface area contributed by atoms with Crippen LogP contribution in [0.3, 0.4) is 0 Å². The zero-order valence-electron chi connectivity index (χ0n) is 17.1. The van der Waals surface area contributed by atoms with E-state index in [1.807, 2.05) is 0 Å². The minimum absolute atomic E-state index is 0.151. The lowest BCUT2D eigenvalue weighted by molar-refractivity contribution is -0.358. The van der Waals surface area contributed by atoms with Gasteiger partial charge in [0.1, 0.15) is 18.3 Å². The predicted octanol–water partition coefficient (Wildman–Crippen LogP) is 0.924. The summed E-state index contributed by atoms with van der Waals surface area (Å²) in [5.41, 5.74) is 0. The number of nitrogens with one attached hydrogen (secondary N) is 1. The van der Waals surface area contributed by atoms with Gasteiger partial charge in [-0.15, -0.1) is 0 Å². The van der Waals surface area contributed by atoms with Crippen molar-refractivity contribution in [1.29, 1.82) is 0 Å². The molecule has 1 amide bonds. The third-order valence-electron chi connectivity index (χ3n) is 5.29. The summed E-state index contributed by atoms with van der Waals surface area (Å²) >= 11 is 0. The van der Waals surface area contributed by atoms with E-state index in [1.165, 1.54) is 44.9 Å². The molecule has 0 radical (unpaired) electrons. The van der Waals surface area contributed by atoms with Crippen LogP contribution < -0.4 is 5.32 Å². The van der Waals surface area contributed by atoms with Crippen LogP contribution >= 0.6 is 0 Å². The van der Waals surface area contributed by atoms with Crippen molar-refractivity contribution in [2.45, 2.75) is 114 Å². The van der Waals surface area contributed by atoms with Crippen molar-refractivity contribution in [1.82, 2.24) is 5.32 Å². The molecule has 8 nitrogen and oxygen atoms in total. The highest BCUT2D eigenvalue weighted by Gasteiger charge is 2.53. The van der Waals surface area contributed by atoms with Crippen molar-refractivity contribution >= 4 is 5.91 Å². The second-order valence-corrected chi connectivity index (χ2v) is 7.80. The summed E-state index contributed by atoms with van der Waals surface area (Å²) in [5.74, 6) is -3.07. The highest BCUT2D eigenvalue weighted by Crippen LogP contribution is 2.26. The van der Waals surface area contributed by atoms with Gasteiger partial charge in [-0.1, -0.05) is 71.1 Å². The molecule has 0 aromatic rings. The van der Waals surface area contributed by atoms with E-state index >= 15 is 0 Å². The monoisotopic (exact) mass is 405 g/mol. The van der Waals surface area contributed by atoms with E-state index < -0.39 is 42.8 Å². The van der Waals surface area contributed by atoms with Gasteiger partial charge in [0, 0.05) is 6.42 Å². The van der Waals surface area contributed by atoms with Crippen LogP contribution in [-0.2, 0) is 9.53 Å². The Balaban J connectivity index is 2.17. The first-order valence-corrected chi connectivity index (χ1v) is 10.7. The molecule has 0 spiro atoms. The fraction of sp³-hybridized carbons (Fsp3) is 0.950.